The summed E-state index contributed by atoms with van der Waals surface area (Å²) in [7, 11) is 0. The van der Waals surface area contributed by atoms with E-state index >= 15 is 0 Å². The van der Waals surface area contributed by atoms with E-state index in [0.717, 1.165) is 5.75 Å². The van der Waals surface area contributed by atoms with Crippen LogP contribution in [0.2, 0.25) is 0 Å². The first-order chi connectivity index (χ1) is 9.09. The van der Waals surface area contributed by atoms with E-state index in [2.05, 4.69) is 52.9 Å². The van der Waals surface area contributed by atoms with Gasteiger partial charge in [-0.3, -0.25) is 0 Å². The Hall–Kier alpha value is -1.06. The van der Waals surface area contributed by atoms with Crippen LogP contribution in [-0.2, 0) is 5.41 Å². The van der Waals surface area contributed by atoms with E-state index in [9.17, 15) is 5.11 Å². The summed E-state index contributed by atoms with van der Waals surface area (Å²) in [5, 5.41) is 12.1. The molecule has 1 rings (SSSR count). The summed E-state index contributed by atoms with van der Waals surface area (Å²) in [6.45, 7) is 13.9. The van der Waals surface area contributed by atoms with Crippen molar-refractivity contribution < 1.29 is 15.2 Å². The molecule has 3 heteroatoms. The lowest BCUT2D eigenvalue weighted by Crippen LogP contribution is -2.96. The van der Waals surface area contributed by atoms with Gasteiger partial charge in [0, 0.05) is 0 Å². The lowest BCUT2D eigenvalue weighted by atomic mass is 9.86. The highest BCUT2D eigenvalue weighted by Crippen LogP contribution is 2.30. The number of aliphatic hydroxyl groups excluding tert-OH is 1. The van der Waals surface area contributed by atoms with Crippen molar-refractivity contribution in [3.05, 3.63) is 29.8 Å². The fraction of sp³-hybridized carbons (Fsp3) is 0.647. The number of quaternary nitrogens is 1. The van der Waals surface area contributed by atoms with Crippen molar-refractivity contribution in [3.8, 4) is 5.75 Å². The molecule has 0 aromatic heterocycles. The minimum Gasteiger partial charge on any atom is -0.490 e. The third kappa shape index (κ3) is 5.93. The minimum atomic E-state index is -0.456. The molecule has 1 aromatic rings. The maximum absolute atomic E-state index is 10.0. The zero-order chi connectivity index (χ0) is 15.4. The molecule has 0 bridgehead atoms. The van der Waals surface area contributed by atoms with Crippen LogP contribution in [0, 0.1) is 0 Å². The number of benzene rings is 1. The van der Waals surface area contributed by atoms with Crippen LogP contribution in [0.4, 0.5) is 0 Å². The molecular formula is C17H30NO2+. The number of hydrogen-bond donors (Lipinski definition) is 2. The molecule has 114 valence electrons. The SMILES string of the molecule is CC(C)(C)[NH2+]C[C@@H](O)COc1ccccc1C(C)(C)C. The smallest absolute Gasteiger partial charge is 0.137 e. The minimum absolute atomic E-state index is 0.0408. The molecule has 0 saturated carbocycles. The Morgan fingerprint density at radius 1 is 1.10 bits per heavy atom. The molecule has 0 aliphatic heterocycles. The van der Waals surface area contributed by atoms with Gasteiger partial charge in [-0.15, -0.1) is 0 Å². The van der Waals surface area contributed by atoms with E-state index in [1.807, 2.05) is 18.2 Å². The Morgan fingerprint density at radius 3 is 2.25 bits per heavy atom. The highest BCUT2D eigenvalue weighted by atomic mass is 16.5. The molecule has 0 aliphatic carbocycles. The van der Waals surface area contributed by atoms with E-state index in [1.54, 1.807) is 0 Å². The molecule has 0 amide bonds. The number of hydrogen-bond acceptors (Lipinski definition) is 2. The molecule has 0 fully saturated rings. The fourth-order valence-corrected chi connectivity index (χ4v) is 1.96. The summed E-state index contributed by atoms with van der Waals surface area (Å²) < 4.78 is 5.82. The lowest BCUT2D eigenvalue weighted by molar-refractivity contribution is -0.722. The standard InChI is InChI=1S/C17H29NO2/c1-16(2,3)14-9-7-8-10-15(14)20-12-13(19)11-18-17(4,5)6/h7-10,13,18-19H,11-12H2,1-6H3/p+1/t13-/m1/s1. The maximum atomic E-state index is 10.0. The van der Waals surface area contributed by atoms with Gasteiger partial charge >= 0.3 is 0 Å². The van der Waals surface area contributed by atoms with Gasteiger partial charge in [0.25, 0.3) is 0 Å². The van der Waals surface area contributed by atoms with Gasteiger partial charge in [0.2, 0.25) is 0 Å². The monoisotopic (exact) mass is 280 g/mol. The topological polar surface area (TPSA) is 46.1 Å². The van der Waals surface area contributed by atoms with Gasteiger partial charge in [-0.1, -0.05) is 39.0 Å². The number of ether oxygens (including phenoxy) is 1. The maximum Gasteiger partial charge on any atom is 0.137 e. The van der Waals surface area contributed by atoms with Gasteiger partial charge < -0.3 is 15.2 Å². The Balaban J connectivity index is 2.58. The molecule has 0 unspecified atom stereocenters. The van der Waals surface area contributed by atoms with Crippen LogP contribution in [0.15, 0.2) is 24.3 Å². The Kier molecular flexibility index (Phi) is 5.60. The number of aliphatic hydroxyl groups is 1. The molecule has 3 nitrogen and oxygen atoms in total. The normalized spacial score (nSPS) is 14.2. The zero-order valence-corrected chi connectivity index (χ0v) is 13.7. The van der Waals surface area contributed by atoms with Crippen molar-refractivity contribution in [2.45, 2.75) is 58.6 Å². The first-order valence-corrected chi connectivity index (χ1v) is 7.34. The van der Waals surface area contributed by atoms with Crippen molar-refractivity contribution in [2.75, 3.05) is 13.2 Å². The molecular weight excluding hydrogens is 250 g/mol. The van der Waals surface area contributed by atoms with Crippen molar-refractivity contribution in [2.24, 2.45) is 0 Å². The quantitative estimate of drug-likeness (QED) is 0.867. The van der Waals surface area contributed by atoms with Crippen molar-refractivity contribution in [3.63, 3.8) is 0 Å². The van der Waals surface area contributed by atoms with Crippen molar-refractivity contribution in [1.29, 1.82) is 0 Å². The summed E-state index contributed by atoms with van der Waals surface area (Å²) >= 11 is 0. The molecule has 1 atom stereocenters. The van der Waals surface area contributed by atoms with E-state index < -0.39 is 6.10 Å². The van der Waals surface area contributed by atoms with Gasteiger partial charge in [-0.25, -0.2) is 0 Å². The zero-order valence-electron chi connectivity index (χ0n) is 13.7. The van der Waals surface area contributed by atoms with Crippen molar-refractivity contribution in [1.82, 2.24) is 0 Å². The third-order valence-corrected chi connectivity index (χ3v) is 3.13. The fourth-order valence-electron chi connectivity index (χ4n) is 1.96. The number of nitrogens with two attached hydrogens (primary N) is 1. The molecule has 20 heavy (non-hydrogen) atoms. The lowest BCUT2D eigenvalue weighted by Gasteiger charge is -2.24. The summed E-state index contributed by atoms with van der Waals surface area (Å²) in [5.41, 5.74) is 1.34. The average Bonchev–Trinajstić information content (AvgIpc) is 2.32. The summed E-state index contributed by atoms with van der Waals surface area (Å²) in [6, 6.07) is 8.05. The molecule has 1 aromatic carbocycles. The molecule has 0 aliphatic rings. The van der Waals surface area contributed by atoms with Gasteiger partial charge in [0.1, 0.15) is 25.0 Å². The molecule has 0 spiro atoms. The van der Waals surface area contributed by atoms with Gasteiger partial charge in [-0.05, 0) is 37.8 Å². The van der Waals surface area contributed by atoms with Gasteiger partial charge in [0.05, 0.1) is 5.54 Å². The Bertz CT molecular complexity index is 416. The molecule has 0 saturated heterocycles. The second-order valence-electron chi connectivity index (χ2n) is 7.52. The predicted octanol–water partition coefficient (Wildman–Crippen LogP) is 2.09. The highest BCUT2D eigenvalue weighted by molar-refractivity contribution is 5.38. The Morgan fingerprint density at radius 2 is 1.70 bits per heavy atom. The van der Waals surface area contributed by atoms with Crippen LogP contribution in [0.3, 0.4) is 0 Å². The van der Waals surface area contributed by atoms with E-state index in [-0.39, 0.29) is 11.0 Å². The largest absolute Gasteiger partial charge is 0.490 e. The molecule has 0 heterocycles. The van der Waals surface area contributed by atoms with Crippen LogP contribution >= 0.6 is 0 Å². The summed E-state index contributed by atoms with van der Waals surface area (Å²) in [4.78, 5) is 0. The predicted molar refractivity (Wildman–Crippen MR) is 83.2 cm³/mol. The number of rotatable bonds is 5. The third-order valence-electron chi connectivity index (χ3n) is 3.13. The van der Waals surface area contributed by atoms with Crippen LogP contribution in [-0.4, -0.2) is 29.9 Å². The van der Waals surface area contributed by atoms with E-state index in [0.29, 0.717) is 13.2 Å². The van der Waals surface area contributed by atoms with Crippen LogP contribution in [0.25, 0.3) is 0 Å². The van der Waals surface area contributed by atoms with Crippen molar-refractivity contribution >= 4 is 0 Å². The second-order valence-corrected chi connectivity index (χ2v) is 7.52. The summed E-state index contributed by atoms with van der Waals surface area (Å²) in [6.07, 6.45) is -0.456. The molecule has 3 N–H and O–H groups in total. The van der Waals surface area contributed by atoms with E-state index in [1.165, 1.54) is 5.56 Å². The van der Waals surface area contributed by atoms with E-state index in [4.69, 9.17) is 4.74 Å². The Labute approximate surface area is 123 Å². The van der Waals surface area contributed by atoms with Crippen LogP contribution < -0.4 is 10.1 Å². The van der Waals surface area contributed by atoms with Gasteiger partial charge in [-0.2, -0.15) is 0 Å². The van der Waals surface area contributed by atoms with Crippen LogP contribution in [0.1, 0.15) is 47.1 Å². The number of para-hydroxylation sites is 1. The van der Waals surface area contributed by atoms with Gasteiger partial charge in [0.15, 0.2) is 0 Å². The highest BCUT2D eigenvalue weighted by Gasteiger charge is 2.20. The van der Waals surface area contributed by atoms with Crippen LogP contribution in [0.5, 0.6) is 5.75 Å². The average molecular weight is 280 g/mol. The first-order valence-electron chi connectivity index (χ1n) is 7.34. The first kappa shape index (κ1) is 17.0. The molecule has 0 radical (unpaired) electrons. The second kappa shape index (κ2) is 6.59. The summed E-state index contributed by atoms with van der Waals surface area (Å²) in [5.74, 6) is 0.870.